The highest BCUT2D eigenvalue weighted by Gasteiger charge is 2.34. The van der Waals surface area contributed by atoms with E-state index in [2.05, 4.69) is 25.4 Å². The van der Waals surface area contributed by atoms with Gasteiger partial charge >= 0.3 is 12.3 Å². The van der Waals surface area contributed by atoms with Gasteiger partial charge in [0, 0.05) is 0 Å². The lowest BCUT2D eigenvalue weighted by Crippen LogP contribution is -2.20. The first-order chi connectivity index (χ1) is 8.78. The van der Waals surface area contributed by atoms with Gasteiger partial charge in [-0.2, -0.15) is 5.26 Å². The highest BCUT2D eigenvalue weighted by atomic mass is 79.9. The van der Waals surface area contributed by atoms with Gasteiger partial charge in [0.1, 0.15) is 5.56 Å². The van der Waals surface area contributed by atoms with Crippen LogP contribution in [-0.4, -0.2) is 18.9 Å². The number of carbonyl (C=O) groups excluding carboxylic acids is 1. The van der Waals surface area contributed by atoms with Crippen LogP contribution in [0.15, 0.2) is 16.6 Å². The van der Waals surface area contributed by atoms with Crippen molar-refractivity contribution in [1.82, 2.24) is 0 Å². The highest BCUT2D eigenvalue weighted by molar-refractivity contribution is 9.10. The summed E-state index contributed by atoms with van der Waals surface area (Å²) in [6, 6.07) is 3.81. The zero-order valence-corrected chi connectivity index (χ0v) is 11.1. The molecule has 0 unspecified atom stereocenters. The van der Waals surface area contributed by atoms with Crippen LogP contribution in [0.4, 0.5) is 13.2 Å². The van der Waals surface area contributed by atoms with Crippen molar-refractivity contribution in [1.29, 1.82) is 5.26 Å². The van der Waals surface area contributed by atoms with Crippen LogP contribution in [0, 0.1) is 11.3 Å². The molecule has 0 radical (unpaired) electrons. The number of nitrogens with zero attached hydrogens (tertiary/aromatic N) is 1. The number of esters is 1. The molecule has 0 spiro atoms. The minimum absolute atomic E-state index is 0.00412. The predicted molar refractivity (Wildman–Crippen MR) is 61.5 cm³/mol. The van der Waals surface area contributed by atoms with Crippen LogP contribution in [0.3, 0.4) is 0 Å². The Morgan fingerprint density at radius 3 is 2.58 bits per heavy atom. The van der Waals surface area contributed by atoms with Crippen molar-refractivity contribution in [2.75, 3.05) is 6.61 Å². The first-order valence-corrected chi connectivity index (χ1v) is 5.74. The van der Waals surface area contributed by atoms with E-state index >= 15 is 0 Å². The first kappa shape index (κ1) is 15.3. The molecular weight excluding hydrogens is 331 g/mol. The van der Waals surface area contributed by atoms with Gasteiger partial charge in [-0.3, -0.25) is 0 Å². The van der Waals surface area contributed by atoms with Crippen molar-refractivity contribution in [3.05, 3.63) is 27.7 Å². The molecule has 0 fully saturated rings. The van der Waals surface area contributed by atoms with Crippen LogP contribution in [0.2, 0.25) is 0 Å². The Kier molecular flexibility index (Phi) is 4.78. The molecule has 0 aliphatic rings. The molecule has 0 aliphatic heterocycles. The van der Waals surface area contributed by atoms with E-state index in [4.69, 9.17) is 5.26 Å². The maximum absolute atomic E-state index is 12.3. The third-order valence-electron chi connectivity index (χ3n) is 1.89. The van der Waals surface area contributed by atoms with E-state index < -0.39 is 23.6 Å². The summed E-state index contributed by atoms with van der Waals surface area (Å²) in [5.41, 5.74) is -0.463. The molecule has 0 aromatic heterocycles. The number of nitriles is 1. The van der Waals surface area contributed by atoms with E-state index in [-0.39, 0.29) is 16.6 Å². The Morgan fingerprint density at radius 2 is 2.11 bits per heavy atom. The Bertz CT molecular complexity index is 537. The van der Waals surface area contributed by atoms with Gasteiger partial charge in [-0.05, 0) is 35.0 Å². The minimum Gasteiger partial charge on any atom is -0.462 e. The van der Waals surface area contributed by atoms with Crippen molar-refractivity contribution in [2.45, 2.75) is 13.3 Å². The van der Waals surface area contributed by atoms with E-state index in [1.54, 1.807) is 6.07 Å². The van der Waals surface area contributed by atoms with Crippen LogP contribution in [0.1, 0.15) is 22.8 Å². The maximum Gasteiger partial charge on any atom is 0.573 e. The van der Waals surface area contributed by atoms with Gasteiger partial charge in [0.05, 0.1) is 22.7 Å². The molecule has 0 aliphatic carbocycles. The number of hydrogen-bond acceptors (Lipinski definition) is 4. The summed E-state index contributed by atoms with van der Waals surface area (Å²) in [6.07, 6.45) is -4.96. The van der Waals surface area contributed by atoms with Gasteiger partial charge < -0.3 is 9.47 Å². The molecule has 0 saturated carbocycles. The Labute approximate surface area is 114 Å². The topological polar surface area (TPSA) is 59.3 Å². The molecule has 19 heavy (non-hydrogen) atoms. The Morgan fingerprint density at radius 1 is 1.47 bits per heavy atom. The maximum atomic E-state index is 12.3. The molecule has 0 amide bonds. The lowest BCUT2D eigenvalue weighted by atomic mass is 10.1. The standard InChI is InChI=1S/C11H7BrF3NO3/c1-2-18-10(17)7-3-6(5-16)4-8(12)9(7)19-11(13,14)15/h3-4H,2H2,1H3. The number of hydrogen-bond donors (Lipinski definition) is 0. The van der Waals surface area contributed by atoms with E-state index in [1.807, 2.05) is 0 Å². The fourth-order valence-corrected chi connectivity index (χ4v) is 1.78. The van der Waals surface area contributed by atoms with Gasteiger partial charge in [-0.15, -0.1) is 13.2 Å². The fourth-order valence-electron chi connectivity index (χ4n) is 1.24. The second-order valence-electron chi connectivity index (χ2n) is 3.21. The minimum atomic E-state index is -4.96. The molecule has 102 valence electrons. The van der Waals surface area contributed by atoms with Crippen LogP contribution in [0.25, 0.3) is 0 Å². The van der Waals surface area contributed by atoms with E-state index in [0.29, 0.717) is 0 Å². The summed E-state index contributed by atoms with van der Waals surface area (Å²) in [4.78, 5) is 11.6. The van der Waals surface area contributed by atoms with Gasteiger partial charge in [0.2, 0.25) is 0 Å². The van der Waals surface area contributed by atoms with Crippen LogP contribution < -0.4 is 4.74 Å². The van der Waals surface area contributed by atoms with Crippen molar-refractivity contribution >= 4 is 21.9 Å². The summed E-state index contributed by atoms with van der Waals surface area (Å²) >= 11 is 2.83. The monoisotopic (exact) mass is 337 g/mol. The molecule has 0 saturated heterocycles. The van der Waals surface area contributed by atoms with E-state index in [1.165, 1.54) is 6.92 Å². The number of carbonyl (C=O) groups is 1. The summed E-state index contributed by atoms with van der Waals surface area (Å²) in [6.45, 7) is 1.49. The van der Waals surface area contributed by atoms with Crippen LogP contribution >= 0.6 is 15.9 Å². The zero-order chi connectivity index (χ0) is 14.6. The molecule has 8 heteroatoms. The molecule has 0 heterocycles. The van der Waals surface area contributed by atoms with Gasteiger partial charge in [-0.1, -0.05) is 0 Å². The first-order valence-electron chi connectivity index (χ1n) is 4.95. The molecular formula is C11H7BrF3NO3. The van der Waals surface area contributed by atoms with Gasteiger partial charge in [0.15, 0.2) is 5.75 Å². The fraction of sp³-hybridized carbons (Fsp3) is 0.273. The second kappa shape index (κ2) is 5.93. The molecule has 0 atom stereocenters. The number of rotatable bonds is 3. The van der Waals surface area contributed by atoms with Gasteiger partial charge in [-0.25, -0.2) is 4.79 Å². The van der Waals surface area contributed by atoms with E-state index in [0.717, 1.165) is 12.1 Å². The number of benzene rings is 1. The lowest BCUT2D eigenvalue weighted by Gasteiger charge is -2.14. The van der Waals surface area contributed by atoms with Crippen LogP contribution in [0.5, 0.6) is 5.75 Å². The average Bonchev–Trinajstić information content (AvgIpc) is 2.30. The molecule has 4 nitrogen and oxygen atoms in total. The summed E-state index contributed by atoms with van der Waals surface area (Å²) in [5, 5.41) is 8.74. The summed E-state index contributed by atoms with van der Waals surface area (Å²) in [7, 11) is 0. The highest BCUT2D eigenvalue weighted by Crippen LogP contribution is 2.35. The van der Waals surface area contributed by atoms with E-state index in [9.17, 15) is 18.0 Å². The van der Waals surface area contributed by atoms with Gasteiger partial charge in [0.25, 0.3) is 0 Å². The van der Waals surface area contributed by atoms with Crippen molar-refractivity contribution in [3.8, 4) is 11.8 Å². The van der Waals surface area contributed by atoms with Crippen molar-refractivity contribution in [2.24, 2.45) is 0 Å². The summed E-state index contributed by atoms with van der Waals surface area (Å²) in [5.74, 6) is -1.73. The SMILES string of the molecule is CCOC(=O)c1cc(C#N)cc(Br)c1OC(F)(F)F. The largest absolute Gasteiger partial charge is 0.573 e. The number of alkyl halides is 3. The normalized spacial score (nSPS) is 10.7. The number of ether oxygens (including phenoxy) is 2. The molecule has 1 aromatic carbocycles. The second-order valence-corrected chi connectivity index (χ2v) is 4.07. The smallest absolute Gasteiger partial charge is 0.462 e. The lowest BCUT2D eigenvalue weighted by molar-refractivity contribution is -0.275. The average molecular weight is 338 g/mol. The zero-order valence-electron chi connectivity index (χ0n) is 9.55. The third-order valence-corrected chi connectivity index (χ3v) is 2.47. The molecule has 1 aromatic rings. The Balaban J connectivity index is 3.34. The number of halogens is 4. The predicted octanol–water partition coefficient (Wildman–Crippen LogP) is 3.40. The third kappa shape index (κ3) is 4.13. The van der Waals surface area contributed by atoms with Crippen LogP contribution in [-0.2, 0) is 4.74 Å². The summed E-state index contributed by atoms with van der Waals surface area (Å²) < 4.78 is 45.1. The molecule has 0 bridgehead atoms. The Hall–Kier alpha value is -1.75. The quantitative estimate of drug-likeness (QED) is 0.793. The van der Waals surface area contributed by atoms with Crippen molar-refractivity contribution < 1.29 is 27.4 Å². The molecule has 0 N–H and O–H groups in total. The van der Waals surface area contributed by atoms with Crippen molar-refractivity contribution in [3.63, 3.8) is 0 Å². The molecule has 1 rings (SSSR count).